The minimum absolute atomic E-state index is 0.0878. The van der Waals surface area contributed by atoms with Crippen LogP contribution in [0, 0.1) is 0 Å². The smallest absolute Gasteiger partial charge is 0.382 e. The summed E-state index contributed by atoms with van der Waals surface area (Å²) in [6, 6.07) is 17.4. The lowest BCUT2D eigenvalue weighted by Crippen LogP contribution is -2.46. The molecule has 0 bridgehead atoms. The first-order valence-corrected chi connectivity index (χ1v) is 12.2. The van der Waals surface area contributed by atoms with E-state index in [1.807, 2.05) is 24.3 Å². The third kappa shape index (κ3) is 5.01. The number of halogens is 6. The Morgan fingerprint density at radius 3 is 2.41 bits per heavy atom. The minimum Gasteiger partial charge on any atom is -0.382 e. The van der Waals surface area contributed by atoms with Gasteiger partial charge in [0.1, 0.15) is 0 Å². The number of benzene rings is 3. The highest BCUT2D eigenvalue weighted by Gasteiger charge is 2.42. The van der Waals surface area contributed by atoms with Gasteiger partial charge in [-0.25, -0.2) is 0 Å². The van der Waals surface area contributed by atoms with Gasteiger partial charge in [0.15, 0.2) is 6.10 Å². The van der Waals surface area contributed by atoms with E-state index < -0.39 is 42.5 Å². The average molecular weight is 521 g/mol. The normalized spacial score (nSPS) is 20.6. The standard InChI is InChI=1S/C28H26F6N2O/c29-27(30,31)22-14-18(12-13-21(22)20-9-5-7-17-6-1-2-8-19(17)20)25-15-35-23-10-3-4-11-24(23)36(25)16-26(37)28(32,33)34/h1-4,6,8,10-14,20,25-26,35,37H,5,7,9,15-16H2/t20?,25?,26-/m1/s1. The number of hydrogen-bond acceptors (Lipinski definition) is 3. The van der Waals surface area contributed by atoms with Crippen molar-refractivity contribution in [3.05, 3.63) is 94.5 Å². The lowest BCUT2D eigenvalue weighted by Gasteiger charge is -2.41. The number of nitrogens with one attached hydrogen (secondary N) is 1. The molecule has 37 heavy (non-hydrogen) atoms. The monoisotopic (exact) mass is 520 g/mol. The molecule has 3 nitrogen and oxygen atoms in total. The summed E-state index contributed by atoms with van der Waals surface area (Å²) < 4.78 is 83.0. The van der Waals surface area contributed by atoms with E-state index in [4.69, 9.17) is 0 Å². The van der Waals surface area contributed by atoms with Crippen molar-refractivity contribution in [1.29, 1.82) is 0 Å². The summed E-state index contributed by atoms with van der Waals surface area (Å²) in [4.78, 5) is 1.34. The second-order valence-electron chi connectivity index (χ2n) is 9.61. The molecule has 1 aliphatic carbocycles. The van der Waals surface area contributed by atoms with E-state index in [1.54, 1.807) is 30.3 Å². The Balaban J connectivity index is 1.57. The third-order valence-corrected chi connectivity index (χ3v) is 7.34. The van der Waals surface area contributed by atoms with Crippen molar-refractivity contribution >= 4 is 11.4 Å². The van der Waals surface area contributed by atoms with Gasteiger partial charge in [0.25, 0.3) is 0 Å². The molecule has 3 aromatic rings. The number of anilines is 2. The molecule has 2 aliphatic rings. The second-order valence-corrected chi connectivity index (χ2v) is 9.61. The van der Waals surface area contributed by atoms with Crippen molar-refractivity contribution in [2.45, 2.75) is 49.7 Å². The van der Waals surface area contributed by atoms with Crippen LogP contribution in [0.25, 0.3) is 0 Å². The number of aliphatic hydroxyl groups is 1. The Morgan fingerprint density at radius 2 is 1.65 bits per heavy atom. The molecule has 3 aromatic carbocycles. The first-order chi connectivity index (χ1) is 17.5. The number of rotatable bonds is 4. The second kappa shape index (κ2) is 9.59. The van der Waals surface area contributed by atoms with Crippen molar-refractivity contribution in [1.82, 2.24) is 0 Å². The summed E-state index contributed by atoms with van der Waals surface area (Å²) >= 11 is 0. The van der Waals surface area contributed by atoms with Crippen LogP contribution >= 0.6 is 0 Å². The maximum atomic E-state index is 14.4. The molecule has 0 amide bonds. The zero-order valence-electron chi connectivity index (χ0n) is 19.8. The zero-order valence-corrected chi connectivity index (χ0v) is 19.8. The van der Waals surface area contributed by atoms with Crippen molar-refractivity contribution in [2.24, 2.45) is 0 Å². The summed E-state index contributed by atoms with van der Waals surface area (Å²) in [5.41, 5.74) is 2.50. The van der Waals surface area contributed by atoms with Crippen LogP contribution < -0.4 is 10.2 Å². The van der Waals surface area contributed by atoms with Crippen molar-refractivity contribution in [3.63, 3.8) is 0 Å². The van der Waals surface area contributed by atoms with E-state index in [9.17, 15) is 31.4 Å². The Hall–Kier alpha value is -3.20. The molecule has 0 fully saturated rings. The summed E-state index contributed by atoms with van der Waals surface area (Å²) in [6.45, 7) is -0.712. The average Bonchev–Trinajstić information content (AvgIpc) is 2.87. The highest BCUT2D eigenvalue weighted by Crippen LogP contribution is 2.45. The largest absolute Gasteiger partial charge is 0.416 e. The highest BCUT2D eigenvalue weighted by atomic mass is 19.4. The van der Waals surface area contributed by atoms with Gasteiger partial charge >= 0.3 is 12.4 Å². The van der Waals surface area contributed by atoms with Gasteiger partial charge in [0.2, 0.25) is 0 Å². The van der Waals surface area contributed by atoms with E-state index >= 15 is 0 Å². The fraction of sp³-hybridized carbons (Fsp3) is 0.357. The Labute approximate surface area is 210 Å². The van der Waals surface area contributed by atoms with E-state index in [-0.39, 0.29) is 17.7 Å². The molecule has 1 heterocycles. The van der Waals surface area contributed by atoms with Gasteiger partial charge in [-0.3, -0.25) is 0 Å². The number of β-amino-alcohol motifs (C(OH)–C–C–N with tert-alkyl or cyclic N) is 1. The van der Waals surface area contributed by atoms with Gasteiger partial charge in [-0.05, 0) is 59.7 Å². The number of alkyl halides is 6. The van der Waals surface area contributed by atoms with E-state index in [1.165, 1.54) is 11.0 Å². The molecule has 9 heteroatoms. The molecule has 0 radical (unpaired) electrons. The number of aryl methyl sites for hydroxylation is 1. The van der Waals surface area contributed by atoms with Crippen LogP contribution in [0.1, 0.15) is 52.6 Å². The molecule has 0 saturated carbocycles. The van der Waals surface area contributed by atoms with Gasteiger partial charge in [0, 0.05) is 12.5 Å². The number of aliphatic hydroxyl groups excluding tert-OH is 1. The number of fused-ring (bicyclic) bond motifs is 2. The fourth-order valence-electron chi connectivity index (χ4n) is 5.58. The molecule has 3 atom stereocenters. The maximum Gasteiger partial charge on any atom is 0.416 e. The molecular formula is C28H26F6N2O. The SMILES string of the molecule is O[C@H](CN1c2ccccc2NCC1c1ccc(C2CCCc3ccccc32)c(C(F)(F)F)c1)C(F)(F)F. The van der Waals surface area contributed by atoms with E-state index in [0.717, 1.165) is 30.0 Å². The lowest BCUT2D eigenvalue weighted by molar-refractivity contribution is -0.200. The van der Waals surface area contributed by atoms with Crippen LogP contribution in [0.2, 0.25) is 0 Å². The van der Waals surface area contributed by atoms with Gasteiger partial charge in [-0.15, -0.1) is 0 Å². The van der Waals surface area contributed by atoms with Crippen molar-refractivity contribution in [3.8, 4) is 0 Å². The lowest BCUT2D eigenvalue weighted by atomic mass is 9.77. The summed E-state index contributed by atoms with van der Waals surface area (Å²) in [6.07, 6.45) is -9.99. The topological polar surface area (TPSA) is 35.5 Å². The highest BCUT2D eigenvalue weighted by molar-refractivity contribution is 5.73. The van der Waals surface area contributed by atoms with E-state index in [2.05, 4.69) is 5.32 Å². The summed E-state index contributed by atoms with van der Waals surface area (Å²) in [7, 11) is 0. The predicted molar refractivity (Wildman–Crippen MR) is 130 cm³/mol. The van der Waals surface area contributed by atoms with Crippen LogP contribution in [0.3, 0.4) is 0 Å². The van der Waals surface area contributed by atoms with Crippen LogP contribution in [-0.2, 0) is 12.6 Å². The number of hydrogen-bond donors (Lipinski definition) is 2. The predicted octanol–water partition coefficient (Wildman–Crippen LogP) is 7.07. The van der Waals surface area contributed by atoms with E-state index in [0.29, 0.717) is 17.8 Å². The molecule has 0 saturated heterocycles. The summed E-state index contributed by atoms with van der Waals surface area (Å²) in [5.74, 6) is -0.413. The molecule has 196 valence electrons. The third-order valence-electron chi connectivity index (χ3n) is 7.34. The van der Waals surface area contributed by atoms with Gasteiger partial charge in [0.05, 0.1) is 29.5 Å². The summed E-state index contributed by atoms with van der Waals surface area (Å²) in [5, 5.41) is 13.0. The fourth-order valence-corrected chi connectivity index (χ4v) is 5.58. The first kappa shape index (κ1) is 25.4. The van der Waals surface area contributed by atoms with Crippen molar-refractivity contribution in [2.75, 3.05) is 23.3 Å². The molecule has 0 spiro atoms. The van der Waals surface area contributed by atoms with Gasteiger partial charge in [-0.2, -0.15) is 26.3 Å². The number of para-hydroxylation sites is 2. The quantitative estimate of drug-likeness (QED) is 0.361. The van der Waals surface area contributed by atoms with Crippen LogP contribution in [-0.4, -0.2) is 30.5 Å². The zero-order chi connectivity index (χ0) is 26.4. The molecule has 5 rings (SSSR count). The Kier molecular flexibility index (Phi) is 6.60. The minimum atomic E-state index is -4.86. The van der Waals surface area contributed by atoms with Crippen molar-refractivity contribution < 1.29 is 31.4 Å². The van der Waals surface area contributed by atoms with Gasteiger partial charge in [-0.1, -0.05) is 48.5 Å². The molecule has 1 aliphatic heterocycles. The molecular weight excluding hydrogens is 494 g/mol. The number of nitrogens with zero attached hydrogens (tertiary/aromatic N) is 1. The molecule has 2 N–H and O–H groups in total. The first-order valence-electron chi connectivity index (χ1n) is 12.2. The van der Waals surface area contributed by atoms with Crippen LogP contribution in [0.5, 0.6) is 0 Å². The molecule has 2 unspecified atom stereocenters. The Morgan fingerprint density at radius 1 is 0.919 bits per heavy atom. The van der Waals surface area contributed by atoms with Crippen LogP contribution in [0.15, 0.2) is 66.7 Å². The van der Waals surface area contributed by atoms with Gasteiger partial charge < -0.3 is 15.3 Å². The molecule has 0 aromatic heterocycles. The maximum absolute atomic E-state index is 14.4. The van der Waals surface area contributed by atoms with Crippen LogP contribution in [0.4, 0.5) is 37.7 Å². The Bertz CT molecular complexity index is 1270.